The Hall–Kier alpha value is -1.14. The van der Waals surface area contributed by atoms with Crippen molar-refractivity contribution in [2.75, 3.05) is 18.5 Å². The Labute approximate surface area is 112 Å². The minimum Gasteiger partial charge on any atom is -0.461 e. The molecule has 0 amide bonds. The zero-order valence-electron chi connectivity index (χ0n) is 10.9. The summed E-state index contributed by atoms with van der Waals surface area (Å²) in [5, 5.41) is 5.55. The molecule has 0 fully saturated rings. The van der Waals surface area contributed by atoms with E-state index in [9.17, 15) is 4.79 Å². The molecule has 1 atom stereocenters. The maximum absolute atomic E-state index is 11.4. The summed E-state index contributed by atoms with van der Waals surface area (Å²) in [6.07, 6.45) is 3.28. The molecule has 0 saturated heterocycles. The van der Waals surface area contributed by atoms with E-state index in [1.54, 1.807) is 12.3 Å². The van der Waals surface area contributed by atoms with E-state index in [0.717, 1.165) is 19.3 Å². The Morgan fingerprint density at radius 1 is 1.61 bits per heavy atom. The summed E-state index contributed by atoms with van der Waals surface area (Å²) < 4.78 is 4.87. The number of esters is 1. The van der Waals surface area contributed by atoms with Crippen molar-refractivity contribution in [1.29, 1.82) is 0 Å². The quantitative estimate of drug-likeness (QED) is 0.709. The number of carbonyl (C=O) groups is 1. The molecule has 1 heterocycles. The predicted molar refractivity (Wildman–Crippen MR) is 74.1 cm³/mol. The highest BCUT2D eigenvalue weighted by molar-refractivity contribution is 7.13. The van der Waals surface area contributed by atoms with Crippen molar-refractivity contribution in [2.24, 2.45) is 5.73 Å². The molecule has 0 spiro atoms. The van der Waals surface area contributed by atoms with Crippen LogP contribution in [0.1, 0.15) is 43.6 Å². The Morgan fingerprint density at radius 3 is 3.06 bits per heavy atom. The third-order valence-electron chi connectivity index (χ3n) is 2.43. The van der Waals surface area contributed by atoms with Crippen molar-refractivity contribution in [2.45, 2.75) is 39.2 Å². The van der Waals surface area contributed by atoms with Gasteiger partial charge in [0, 0.05) is 18.0 Å². The van der Waals surface area contributed by atoms with Crippen LogP contribution in [0.4, 0.5) is 5.13 Å². The van der Waals surface area contributed by atoms with Crippen molar-refractivity contribution in [3.63, 3.8) is 0 Å². The molecule has 0 unspecified atom stereocenters. The van der Waals surface area contributed by atoms with Crippen LogP contribution in [-0.2, 0) is 4.74 Å². The summed E-state index contributed by atoms with van der Waals surface area (Å²) in [5.41, 5.74) is 6.30. The first-order valence-corrected chi connectivity index (χ1v) is 7.17. The number of anilines is 1. The summed E-state index contributed by atoms with van der Waals surface area (Å²) in [5.74, 6) is -0.378. The molecular formula is C12H21N3O2S. The number of hydrogen-bond donors (Lipinski definition) is 2. The Bertz CT molecular complexity index is 368. The first kappa shape index (κ1) is 14.9. The van der Waals surface area contributed by atoms with E-state index in [1.807, 2.05) is 0 Å². The molecular weight excluding hydrogens is 250 g/mol. The number of aromatic nitrogens is 1. The molecule has 18 heavy (non-hydrogen) atoms. The van der Waals surface area contributed by atoms with Gasteiger partial charge in [0.1, 0.15) is 0 Å². The minimum atomic E-state index is -0.378. The lowest BCUT2D eigenvalue weighted by atomic mass is 10.1. The van der Waals surface area contributed by atoms with Gasteiger partial charge in [0.15, 0.2) is 10.8 Å². The van der Waals surface area contributed by atoms with Gasteiger partial charge in [-0.05, 0) is 13.3 Å². The van der Waals surface area contributed by atoms with Gasteiger partial charge in [-0.3, -0.25) is 0 Å². The molecule has 1 aromatic heterocycles. The minimum absolute atomic E-state index is 0.125. The van der Waals surface area contributed by atoms with Gasteiger partial charge in [0.25, 0.3) is 0 Å². The van der Waals surface area contributed by atoms with Crippen LogP contribution < -0.4 is 11.1 Å². The zero-order valence-corrected chi connectivity index (χ0v) is 11.8. The molecule has 0 radical (unpaired) electrons. The molecule has 102 valence electrons. The van der Waals surface area contributed by atoms with Crippen LogP contribution in [0.2, 0.25) is 0 Å². The first-order valence-electron chi connectivity index (χ1n) is 6.29. The standard InChI is InChI=1S/C12H21N3O2S/c1-3-5-6-9(13)7-14-12-15-10(8-18-12)11(16)17-4-2/h8-9H,3-7,13H2,1-2H3,(H,14,15)/t9-/m1/s1. The van der Waals surface area contributed by atoms with Crippen LogP contribution in [-0.4, -0.2) is 30.1 Å². The smallest absolute Gasteiger partial charge is 0.357 e. The fourth-order valence-corrected chi connectivity index (χ4v) is 2.13. The third-order valence-corrected chi connectivity index (χ3v) is 3.23. The van der Waals surface area contributed by atoms with Crippen molar-refractivity contribution >= 4 is 22.4 Å². The molecule has 0 saturated carbocycles. The van der Waals surface area contributed by atoms with Crippen LogP contribution in [0.3, 0.4) is 0 Å². The molecule has 3 N–H and O–H groups in total. The molecule has 0 aromatic carbocycles. The van der Waals surface area contributed by atoms with E-state index in [2.05, 4.69) is 17.2 Å². The van der Waals surface area contributed by atoms with Gasteiger partial charge in [-0.1, -0.05) is 19.8 Å². The van der Waals surface area contributed by atoms with Gasteiger partial charge in [0.05, 0.1) is 6.61 Å². The number of nitrogens with zero attached hydrogens (tertiary/aromatic N) is 1. The summed E-state index contributed by atoms with van der Waals surface area (Å²) in [7, 11) is 0. The lowest BCUT2D eigenvalue weighted by Crippen LogP contribution is -2.28. The topological polar surface area (TPSA) is 77.2 Å². The largest absolute Gasteiger partial charge is 0.461 e. The SMILES string of the molecule is CCCC[C@@H](N)CNc1nc(C(=O)OCC)cs1. The highest BCUT2D eigenvalue weighted by Crippen LogP contribution is 2.16. The fourth-order valence-electron chi connectivity index (χ4n) is 1.44. The lowest BCUT2D eigenvalue weighted by molar-refractivity contribution is 0.0520. The maximum atomic E-state index is 11.4. The highest BCUT2D eigenvalue weighted by Gasteiger charge is 2.11. The first-order chi connectivity index (χ1) is 8.67. The van der Waals surface area contributed by atoms with Crippen LogP contribution in [0.25, 0.3) is 0 Å². The Balaban J connectivity index is 2.37. The number of hydrogen-bond acceptors (Lipinski definition) is 6. The van der Waals surface area contributed by atoms with Crippen molar-refractivity contribution in [3.05, 3.63) is 11.1 Å². The van der Waals surface area contributed by atoms with Crippen LogP contribution >= 0.6 is 11.3 Å². The van der Waals surface area contributed by atoms with Gasteiger partial charge in [-0.2, -0.15) is 0 Å². The number of rotatable bonds is 8. The Morgan fingerprint density at radius 2 is 2.39 bits per heavy atom. The molecule has 1 rings (SSSR count). The molecule has 0 bridgehead atoms. The second-order valence-electron chi connectivity index (χ2n) is 4.04. The Kier molecular flexibility index (Phi) is 6.67. The molecule has 0 aliphatic rings. The fraction of sp³-hybridized carbons (Fsp3) is 0.667. The number of nitrogens with two attached hydrogens (primary N) is 1. The molecule has 6 heteroatoms. The van der Waals surface area contributed by atoms with E-state index in [0.29, 0.717) is 24.0 Å². The second-order valence-corrected chi connectivity index (χ2v) is 4.90. The predicted octanol–water partition coefficient (Wildman–Crippen LogP) is 2.25. The monoisotopic (exact) mass is 271 g/mol. The van der Waals surface area contributed by atoms with E-state index in [1.165, 1.54) is 11.3 Å². The van der Waals surface area contributed by atoms with Crippen LogP contribution in [0, 0.1) is 0 Å². The number of carbonyl (C=O) groups excluding carboxylic acids is 1. The summed E-state index contributed by atoms with van der Waals surface area (Å²) in [6.45, 7) is 4.96. The molecule has 5 nitrogen and oxygen atoms in total. The molecule has 1 aromatic rings. The number of unbranched alkanes of at least 4 members (excludes halogenated alkanes) is 1. The number of thiazole rings is 1. The van der Waals surface area contributed by atoms with Gasteiger partial charge in [-0.25, -0.2) is 9.78 Å². The number of ether oxygens (including phenoxy) is 1. The van der Waals surface area contributed by atoms with Gasteiger partial charge in [-0.15, -0.1) is 11.3 Å². The van der Waals surface area contributed by atoms with E-state index in [4.69, 9.17) is 10.5 Å². The van der Waals surface area contributed by atoms with Crippen molar-refractivity contribution < 1.29 is 9.53 Å². The maximum Gasteiger partial charge on any atom is 0.357 e. The van der Waals surface area contributed by atoms with Gasteiger partial charge >= 0.3 is 5.97 Å². The highest BCUT2D eigenvalue weighted by atomic mass is 32.1. The van der Waals surface area contributed by atoms with Crippen molar-refractivity contribution in [1.82, 2.24) is 4.98 Å². The lowest BCUT2D eigenvalue weighted by Gasteiger charge is -2.10. The number of nitrogens with one attached hydrogen (secondary N) is 1. The second kappa shape index (κ2) is 8.05. The third kappa shape index (κ3) is 5.01. The zero-order chi connectivity index (χ0) is 13.4. The molecule has 0 aliphatic heterocycles. The van der Waals surface area contributed by atoms with E-state index in [-0.39, 0.29) is 12.0 Å². The van der Waals surface area contributed by atoms with Crippen molar-refractivity contribution in [3.8, 4) is 0 Å². The summed E-state index contributed by atoms with van der Waals surface area (Å²) in [6, 6.07) is 0.125. The summed E-state index contributed by atoms with van der Waals surface area (Å²) >= 11 is 1.39. The van der Waals surface area contributed by atoms with Gasteiger partial charge < -0.3 is 15.8 Å². The molecule has 0 aliphatic carbocycles. The summed E-state index contributed by atoms with van der Waals surface area (Å²) in [4.78, 5) is 15.6. The van der Waals surface area contributed by atoms with Gasteiger partial charge in [0.2, 0.25) is 0 Å². The average Bonchev–Trinajstić information content (AvgIpc) is 2.83. The average molecular weight is 271 g/mol. The van der Waals surface area contributed by atoms with Crippen LogP contribution in [0.5, 0.6) is 0 Å². The van der Waals surface area contributed by atoms with E-state index >= 15 is 0 Å². The normalized spacial score (nSPS) is 12.2. The van der Waals surface area contributed by atoms with Crippen LogP contribution in [0.15, 0.2) is 5.38 Å². The van der Waals surface area contributed by atoms with E-state index < -0.39 is 0 Å².